The number of fused-ring (bicyclic) bond motifs is 1. The summed E-state index contributed by atoms with van der Waals surface area (Å²) in [5, 5.41) is 9.83. The molecule has 2 fully saturated rings. The number of allylic oxidation sites excluding steroid dienone is 1. The first-order valence-electron chi connectivity index (χ1n) is 30.1. The van der Waals surface area contributed by atoms with Gasteiger partial charge >= 0.3 is 59.7 Å². The third-order valence-electron chi connectivity index (χ3n) is 15.0. The predicted molar refractivity (Wildman–Crippen MR) is 330 cm³/mol. The molecular formula is C67H74N2O21S2. The van der Waals surface area contributed by atoms with Crippen molar-refractivity contribution in [2.75, 3.05) is 33.0 Å². The Morgan fingerprint density at radius 3 is 1.25 bits per heavy atom. The van der Waals surface area contributed by atoms with Gasteiger partial charge in [-0.3, -0.25) is 38.4 Å². The van der Waals surface area contributed by atoms with Crippen molar-refractivity contribution in [2.45, 2.75) is 153 Å². The number of nitriles is 1. The Balaban J connectivity index is 0.915. The third kappa shape index (κ3) is 22.6. The van der Waals surface area contributed by atoms with E-state index in [9.17, 15) is 53.2 Å². The molecule has 1 aliphatic heterocycles. The molecule has 2 aliphatic carbocycles. The van der Waals surface area contributed by atoms with E-state index in [0.717, 1.165) is 46.8 Å². The molecule has 23 nitrogen and oxygen atoms in total. The Hall–Kier alpha value is -8.78. The van der Waals surface area contributed by atoms with Crippen LogP contribution in [-0.2, 0) is 93.9 Å². The standard InChI is InChI=1S/C67H74N2O21S2/c1-9-53(70)82-36-39(3)85-40(4)37-84-57(74)28-27-55(72)80-33-31-44-11-23-50(24-12-44)87-63(76)46-15-19-48(20-16-46)65(78)89-59-42(6)43(7)60(62-61(59)91-67(92-62)52(35-68)69-8)90-66(79)49-21-17-47(18-22-49)64(77)88-51-25-13-45(14-26-51)32-34-81-56(73)29-30-58(75)86-41(5)38-83-54(71)10-2/h9-14,23-26,39-41,46-49H,1-2,15-22,27-34,36-38H2,3-7H3/b67-52-/t39?,40?,41?,46-,47-,48-,49-. The number of carbonyl (C=O) groups is 10. The highest BCUT2D eigenvalue weighted by atomic mass is 32.2. The zero-order chi connectivity index (χ0) is 66.9. The molecule has 490 valence electrons. The summed E-state index contributed by atoms with van der Waals surface area (Å²) in [7, 11) is 0. The van der Waals surface area contributed by atoms with Crippen LogP contribution in [-0.4, -0.2) is 111 Å². The summed E-state index contributed by atoms with van der Waals surface area (Å²) >= 11 is 2.16. The smallest absolute Gasteiger partial charge is 0.330 e. The van der Waals surface area contributed by atoms with Crippen molar-refractivity contribution in [3.8, 4) is 29.1 Å². The van der Waals surface area contributed by atoms with Crippen LogP contribution < -0.4 is 18.9 Å². The van der Waals surface area contributed by atoms with Gasteiger partial charge in [0.05, 0.1) is 101 Å². The quantitative estimate of drug-likeness (QED) is 0.0144. The van der Waals surface area contributed by atoms with Crippen LogP contribution in [0.15, 0.2) is 93.6 Å². The molecule has 3 atom stereocenters. The Kier molecular flexibility index (Phi) is 28.5. The molecule has 1 heterocycles. The van der Waals surface area contributed by atoms with E-state index in [1.807, 2.05) is 6.07 Å². The summed E-state index contributed by atoms with van der Waals surface area (Å²) in [5.74, 6) is -6.57. The molecular weight excluding hydrogens is 1230 g/mol. The van der Waals surface area contributed by atoms with Gasteiger partial charge in [0.15, 0.2) is 0 Å². The molecule has 0 saturated heterocycles. The van der Waals surface area contributed by atoms with Crippen LogP contribution in [0.5, 0.6) is 23.0 Å². The highest BCUT2D eigenvalue weighted by Crippen LogP contribution is 2.61. The molecule has 0 amide bonds. The summed E-state index contributed by atoms with van der Waals surface area (Å²) in [5.41, 5.74) is 2.45. The van der Waals surface area contributed by atoms with Gasteiger partial charge in [-0.05, 0) is 133 Å². The van der Waals surface area contributed by atoms with E-state index in [1.165, 1.54) is 0 Å². The summed E-state index contributed by atoms with van der Waals surface area (Å²) in [4.78, 5) is 130. The van der Waals surface area contributed by atoms with E-state index >= 15 is 0 Å². The largest absolute Gasteiger partial charge is 0.465 e. The van der Waals surface area contributed by atoms with E-state index in [-0.39, 0.29) is 75.9 Å². The molecule has 0 aromatic heterocycles. The van der Waals surface area contributed by atoms with Crippen molar-refractivity contribution in [3.63, 3.8) is 0 Å². The number of rotatable bonds is 31. The molecule has 3 unspecified atom stereocenters. The third-order valence-corrected chi connectivity index (χ3v) is 17.6. The molecule has 25 heteroatoms. The Morgan fingerprint density at radius 2 is 0.880 bits per heavy atom. The number of ether oxygens (including phenoxy) is 11. The minimum Gasteiger partial charge on any atom is -0.465 e. The number of hydrogen-bond donors (Lipinski definition) is 0. The first-order valence-corrected chi connectivity index (χ1v) is 31.7. The topological polar surface area (TPSA) is 300 Å². The van der Waals surface area contributed by atoms with Gasteiger partial charge < -0.3 is 52.1 Å². The first kappa shape index (κ1) is 72.3. The van der Waals surface area contributed by atoms with Crippen LogP contribution in [0.4, 0.5) is 0 Å². The maximum atomic E-state index is 13.9. The molecule has 0 N–H and O–H groups in total. The van der Waals surface area contributed by atoms with Gasteiger partial charge in [0.25, 0.3) is 5.70 Å². The minimum absolute atomic E-state index is 0.0114. The lowest BCUT2D eigenvalue weighted by Gasteiger charge is -2.27. The molecule has 3 aliphatic rings. The second-order valence-electron chi connectivity index (χ2n) is 22.0. The molecule has 3 aromatic rings. The van der Waals surface area contributed by atoms with Crippen molar-refractivity contribution < 1.29 is 100 Å². The van der Waals surface area contributed by atoms with Gasteiger partial charge in [0.1, 0.15) is 48.9 Å². The molecule has 0 bridgehead atoms. The zero-order valence-electron chi connectivity index (χ0n) is 51.9. The number of benzene rings is 3. The van der Waals surface area contributed by atoms with Gasteiger partial charge in [0.2, 0.25) is 0 Å². The van der Waals surface area contributed by atoms with Crippen molar-refractivity contribution in [1.82, 2.24) is 0 Å². The predicted octanol–water partition coefficient (Wildman–Crippen LogP) is 10.2. The van der Waals surface area contributed by atoms with Gasteiger partial charge in [-0.2, -0.15) is 0 Å². The average Bonchev–Trinajstić information content (AvgIpc) is 1.55. The number of nitrogens with zero attached hydrogens (tertiary/aromatic N) is 2. The van der Waals surface area contributed by atoms with Crippen molar-refractivity contribution >= 4 is 83.2 Å². The molecule has 0 spiro atoms. The second-order valence-corrected chi connectivity index (χ2v) is 24.3. The fourth-order valence-electron chi connectivity index (χ4n) is 9.79. The summed E-state index contributed by atoms with van der Waals surface area (Å²) in [6.45, 7) is 22.6. The van der Waals surface area contributed by atoms with E-state index < -0.39 is 102 Å². The van der Waals surface area contributed by atoms with Crippen molar-refractivity contribution in [1.29, 1.82) is 5.26 Å². The lowest BCUT2D eigenvalue weighted by molar-refractivity contribution is -0.157. The van der Waals surface area contributed by atoms with Crippen molar-refractivity contribution in [3.05, 3.63) is 117 Å². The summed E-state index contributed by atoms with van der Waals surface area (Å²) < 4.78 is 60.3. The Morgan fingerprint density at radius 1 is 0.533 bits per heavy atom. The number of esters is 10. The average molecular weight is 1310 g/mol. The molecule has 6 rings (SSSR count). The van der Waals surface area contributed by atoms with E-state index in [1.54, 1.807) is 83.1 Å². The van der Waals surface area contributed by atoms with Crippen LogP contribution in [0.25, 0.3) is 4.85 Å². The number of hydrogen-bond acceptors (Lipinski definition) is 24. The van der Waals surface area contributed by atoms with Gasteiger partial charge in [0, 0.05) is 25.0 Å². The van der Waals surface area contributed by atoms with Gasteiger partial charge in [-0.1, -0.05) is 60.9 Å². The minimum atomic E-state index is -0.701. The van der Waals surface area contributed by atoms with E-state index in [4.69, 9.17) is 58.7 Å². The fourth-order valence-corrected chi connectivity index (χ4v) is 12.4. The summed E-state index contributed by atoms with van der Waals surface area (Å²) in [6, 6.07) is 15.4. The molecule has 2 saturated carbocycles. The number of thioether (sulfide) groups is 2. The SMILES string of the molecule is [C-]#[N+]/C(C#N)=C1/Sc2c(OC(=O)[C@H]3CC[C@H](C(=O)Oc4ccc(CCOC(=O)CCC(=O)OCC(C)OC(C)COC(=O)C=C)cc4)CC3)c(C)c(C)c(OC(=O)[C@H]3CC[C@H](C(=O)Oc4ccc(CCOC(=O)CCC(=O)OC(C)COC(=O)C=C)cc4)CC3)c2S1. The lowest BCUT2D eigenvalue weighted by atomic mass is 9.82. The van der Waals surface area contributed by atoms with Crippen LogP contribution in [0.1, 0.15) is 120 Å². The maximum Gasteiger partial charge on any atom is 0.330 e. The Labute approximate surface area is 541 Å². The monoisotopic (exact) mass is 1310 g/mol. The van der Waals surface area contributed by atoms with Gasteiger partial charge in [-0.25, -0.2) is 19.7 Å². The van der Waals surface area contributed by atoms with Crippen LogP contribution in [0.3, 0.4) is 0 Å². The fraction of sp³-hybridized carbons (Fsp3) is 0.463. The lowest BCUT2D eigenvalue weighted by Crippen LogP contribution is -2.31. The highest BCUT2D eigenvalue weighted by Gasteiger charge is 2.38. The maximum absolute atomic E-state index is 13.9. The summed E-state index contributed by atoms with van der Waals surface area (Å²) in [6.07, 6.45) is 3.17. The highest BCUT2D eigenvalue weighted by molar-refractivity contribution is 8.24. The van der Waals surface area contributed by atoms with E-state index in [0.29, 0.717) is 101 Å². The van der Waals surface area contributed by atoms with Crippen LogP contribution in [0.2, 0.25) is 0 Å². The number of carbonyl (C=O) groups excluding carboxylic acids is 10. The van der Waals surface area contributed by atoms with Gasteiger partial charge in [-0.15, -0.1) is 0 Å². The second kappa shape index (κ2) is 36.3. The Bertz CT molecular complexity index is 3310. The molecule has 92 heavy (non-hydrogen) atoms. The van der Waals surface area contributed by atoms with Crippen LogP contribution in [0, 0.1) is 55.4 Å². The zero-order valence-corrected chi connectivity index (χ0v) is 53.6. The molecule has 3 aromatic carbocycles. The normalized spacial score (nSPS) is 18.0. The van der Waals surface area contributed by atoms with Crippen LogP contribution >= 0.6 is 23.5 Å². The molecule has 0 radical (unpaired) electrons. The van der Waals surface area contributed by atoms with Crippen molar-refractivity contribution in [2.24, 2.45) is 23.7 Å². The van der Waals surface area contributed by atoms with E-state index in [2.05, 4.69) is 18.0 Å². The first-order chi connectivity index (χ1) is 44.1.